The number of hydrogen-bond acceptors (Lipinski definition) is 1. The van der Waals surface area contributed by atoms with Gasteiger partial charge in [-0.3, -0.25) is 4.79 Å². The molecular formula is C23H20N2O. The Bertz CT molecular complexity index is 997. The molecule has 0 atom stereocenters. The molecule has 0 radical (unpaired) electrons. The Kier molecular flexibility index (Phi) is 4.52. The number of nitrogens with zero attached hydrogens (tertiary/aromatic N) is 2. The molecule has 2 aromatic carbocycles. The molecule has 0 unspecified atom stereocenters. The van der Waals surface area contributed by atoms with Gasteiger partial charge < -0.3 is 9.13 Å². The summed E-state index contributed by atoms with van der Waals surface area (Å²) >= 11 is 0. The molecule has 3 nitrogen and oxygen atoms in total. The Balaban J connectivity index is 1.72. The highest BCUT2D eigenvalue weighted by Crippen LogP contribution is 2.25. The molecule has 128 valence electrons. The molecule has 3 heteroatoms. The fourth-order valence-electron chi connectivity index (χ4n) is 3.32. The van der Waals surface area contributed by atoms with Crippen molar-refractivity contribution in [2.24, 2.45) is 0 Å². The number of carbonyl (C=O) groups excluding carboxylic acids is 1. The topological polar surface area (TPSA) is 26.9 Å². The van der Waals surface area contributed by atoms with Crippen LogP contribution in [0.4, 0.5) is 0 Å². The highest BCUT2D eigenvalue weighted by Gasteiger charge is 2.13. The molecule has 0 amide bonds. The van der Waals surface area contributed by atoms with Gasteiger partial charge in [0.25, 0.3) is 0 Å². The van der Waals surface area contributed by atoms with Gasteiger partial charge in [-0.1, -0.05) is 60.7 Å². The lowest BCUT2D eigenvalue weighted by atomic mass is 10.2. The minimum Gasteiger partial charge on any atom is -0.342 e. The second kappa shape index (κ2) is 7.28. The molecule has 0 bridgehead atoms. The van der Waals surface area contributed by atoms with E-state index in [1.165, 1.54) is 11.1 Å². The first-order valence-corrected chi connectivity index (χ1v) is 8.73. The maximum atomic E-state index is 11.5. The Labute approximate surface area is 153 Å². The van der Waals surface area contributed by atoms with Crippen LogP contribution in [0.15, 0.2) is 91.1 Å². The van der Waals surface area contributed by atoms with E-state index in [-0.39, 0.29) is 0 Å². The van der Waals surface area contributed by atoms with Crippen molar-refractivity contribution < 1.29 is 4.79 Å². The van der Waals surface area contributed by atoms with E-state index in [0.29, 0.717) is 12.2 Å². The van der Waals surface area contributed by atoms with E-state index in [1.807, 2.05) is 36.4 Å². The SMILES string of the molecule is O=Cc1ccc(-c2cccn2Cc2ccccc2)n1Cc1ccccc1. The summed E-state index contributed by atoms with van der Waals surface area (Å²) in [5.74, 6) is 0. The molecule has 0 aliphatic carbocycles. The van der Waals surface area contributed by atoms with Crippen molar-refractivity contribution in [3.05, 3.63) is 108 Å². The van der Waals surface area contributed by atoms with Crippen LogP contribution in [0.1, 0.15) is 21.6 Å². The van der Waals surface area contributed by atoms with Crippen LogP contribution in [0.25, 0.3) is 11.4 Å². The number of aldehydes is 1. The number of benzene rings is 2. The van der Waals surface area contributed by atoms with E-state index in [2.05, 4.69) is 63.9 Å². The maximum Gasteiger partial charge on any atom is 0.166 e. The average molecular weight is 340 g/mol. The van der Waals surface area contributed by atoms with E-state index in [9.17, 15) is 4.79 Å². The van der Waals surface area contributed by atoms with Gasteiger partial charge in [0.1, 0.15) is 0 Å². The fraction of sp³-hybridized carbons (Fsp3) is 0.0870. The summed E-state index contributed by atoms with van der Waals surface area (Å²) < 4.78 is 4.31. The van der Waals surface area contributed by atoms with Gasteiger partial charge in [-0.25, -0.2) is 0 Å². The summed E-state index contributed by atoms with van der Waals surface area (Å²) in [7, 11) is 0. The van der Waals surface area contributed by atoms with Gasteiger partial charge in [-0.15, -0.1) is 0 Å². The van der Waals surface area contributed by atoms with Gasteiger partial charge in [-0.05, 0) is 35.4 Å². The van der Waals surface area contributed by atoms with E-state index < -0.39 is 0 Å². The summed E-state index contributed by atoms with van der Waals surface area (Å²) in [6.07, 6.45) is 3.01. The molecule has 0 aliphatic rings. The average Bonchev–Trinajstić information content (AvgIpc) is 3.30. The lowest BCUT2D eigenvalue weighted by Gasteiger charge is -2.14. The largest absolute Gasteiger partial charge is 0.342 e. The molecule has 0 aliphatic heterocycles. The summed E-state index contributed by atoms with van der Waals surface area (Å²) in [5.41, 5.74) is 5.28. The molecule has 4 rings (SSSR count). The Morgan fingerprint density at radius 3 is 1.96 bits per heavy atom. The summed E-state index contributed by atoms with van der Waals surface area (Å²) in [6, 6.07) is 28.7. The van der Waals surface area contributed by atoms with Crippen molar-refractivity contribution in [3.63, 3.8) is 0 Å². The number of aromatic nitrogens is 2. The van der Waals surface area contributed by atoms with Gasteiger partial charge in [0.05, 0.1) is 17.1 Å². The zero-order chi connectivity index (χ0) is 17.8. The minimum atomic E-state index is 0.674. The first-order valence-electron chi connectivity index (χ1n) is 8.73. The third-order valence-electron chi connectivity index (χ3n) is 4.61. The van der Waals surface area contributed by atoms with Crippen molar-refractivity contribution in [2.75, 3.05) is 0 Å². The number of rotatable bonds is 6. The smallest absolute Gasteiger partial charge is 0.166 e. The van der Waals surface area contributed by atoms with E-state index in [0.717, 1.165) is 24.2 Å². The molecule has 0 N–H and O–H groups in total. The quantitative estimate of drug-likeness (QED) is 0.460. The van der Waals surface area contributed by atoms with Crippen molar-refractivity contribution in [2.45, 2.75) is 13.1 Å². The van der Waals surface area contributed by atoms with Crippen LogP contribution in [-0.2, 0) is 13.1 Å². The Morgan fingerprint density at radius 2 is 1.31 bits per heavy atom. The van der Waals surface area contributed by atoms with E-state index in [4.69, 9.17) is 0 Å². The van der Waals surface area contributed by atoms with E-state index in [1.54, 1.807) is 0 Å². The van der Waals surface area contributed by atoms with Gasteiger partial charge in [-0.2, -0.15) is 0 Å². The van der Waals surface area contributed by atoms with Crippen LogP contribution in [0.3, 0.4) is 0 Å². The van der Waals surface area contributed by atoms with Gasteiger partial charge in [0.2, 0.25) is 0 Å². The molecular weight excluding hydrogens is 320 g/mol. The molecule has 2 aromatic heterocycles. The molecule has 2 heterocycles. The summed E-state index contributed by atoms with van der Waals surface area (Å²) in [4.78, 5) is 11.5. The highest BCUT2D eigenvalue weighted by atomic mass is 16.1. The van der Waals surface area contributed by atoms with Gasteiger partial charge in [0.15, 0.2) is 6.29 Å². The monoisotopic (exact) mass is 340 g/mol. The number of carbonyl (C=O) groups is 1. The molecule has 26 heavy (non-hydrogen) atoms. The van der Waals surface area contributed by atoms with Gasteiger partial charge >= 0.3 is 0 Å². The van der Waals surface area contributed by atoms with Gasteiger partial charge in [0, 0.05) is 19.3 Å². The highest BCUT2D eigenvalue weighted by molar-refractivity contribution is 5.76. The normalized spacial score (nSPS) is 10.8. The van der Waals surface area contributed by atoms with Crippen LogP contribution in [-0.4, -0.2) is 15.4 Å². The van der Waals surface area contributed by atoms with Crippen LogP contribution >= 0.6 is 0 Å². The standard InChI is InChI=1S/C23H20N2O/c26-18-21-13-14-23(25(21)17-20-10-5-2-6-11-20)22-12-7-15-24(22)16-19-8-3-1-4-9-19/h1-15,18H,16-17H2. The molecule has 0 spiro atoms. The summed E-state index contributed by atoms with van der Waals surface area (Å²) in [5, 5.41) is 0. The zero-order valence-corrected chi connectivity index (χ0v) is 14.5. The summed E-state index contributed by atoms with van der Waals surface area (Å²) in [6.45, 7) is 1.48. The Morgan fingerprint density at radius 1 is 0.654 bits per heavy atom. The molecule has 0 saturated heterocycles. The molecule has 0 saturated carbocycles. The minimum absolute atomic E-state index is 0.674. The second-order valence-corrected chi connectivity index (χ2v) is 6.34. The lowest BCUT2D eigenvalue weighted by molar-refractivity contribution is 0.111. The predicted octanol–water partition coefficient (Wildman–Crippen LogP) is 4.87. The molecule has 0 fully saturated rings. The van der Waals surface area contributed by atoms with E-state index >= 15 is 0 Å². The Hall–Kier alpha value is -3.33. The van der Waals surface area contributed by atoms with Crippen LogP contribution in [0.5, 0.6) is 0 Å². The zero-order valence-electron chi connectivity index (χ0n) is 14.5. The maximum absolute atomic E-state index is 11.5. The van der Waals surface area contributed by atoms with Crippen LogP contribution in [0, 0.1) is 0 Å². The van der Waals surface area contributed by atoms with Crippen molar-refractivity contribution >= 4 is 6.29 Å². The van der Waals surface area contributed by atoms with Crippen molar-refractivity contribution in [3.8, 4) is 11.4 Å². The van der Waals surface area contributed by atoms with Crippen LogP contribution in [0.2, 0.25) is 0 Å². The lowest BCUT2D eigenvalue weighted by Crippen LogP contribution is -2.08. The second-order valence-electron chi connectivity index (χ2n) is 6.34. The first-order chi connectivity index (χ1) is 12.8. The number of hydrogen-bond donors (Lipinski definition) is 0. The predicted molar refractivity (Wildman–Crippen MR) is 104 cm³/mol. The molecule has 4 aromatic rings. The van der Waals surface area contributed by atoms with Crippen LogP contribution < -0.4 is 0 Å². The first kappa shape index (κ1) is 16.2. The third-order valence-corrected chi connectivity index (χ3v) is 4.61. The van der Waals surface area contributed by atoms with Crippen molar-refractivity contribution in [1.82, 2.24) is 9.13 Å². The van der Waals surface area contributed by atoms with Crippen molar-refractivity contribution in [1.29, 1.82) is 0 Å². The fourth-order valence-corrected chi connectivity index (χ4v) is 3.32. The third kappa shape index (κ3) is 3.24.